The zero-order valence-corrected chi connectivity index (χ0v) is 24.3. The summed E-state index contributed by atoms with van der Waals surface area (Å²) in [5.74, 6) is -4.33. The molecule has 2 heterocycles. The number of aliphatic carboxylic acids is 1. The molecule has 0 aromatic heterocycles. The molecule has 3 fully saturated rings. The summed E-state index contributed by atoms with van der Waals surface area (Å²) in [6.07, 6.45) is -15.1. The molecule has 16 nitrogen and oxygen atoms in total. The lowest BCUT2D eigenvalue weighted by Gasteiger charge is -2.50. The third-order valence-corrected chi connectivity index (χ3v) is 8.03. The fraction of sp³-hybridized carbons (Fsp3) is 0.880. The fourth-order valence-corrected chi connectivity index (χ4v) is 5.77. The number of amides is 2. The molecule has 3 aliphatic rings. The summed E-state index contributed by atoms with van der Waals surface area (Å²) in [5, 5.41) is 44.7. The number of hydrogen-bond acceptors (Lipinski definition) is 13. The first-order valence-electron chi connectivity index (χ1n) is 14.1. The van der Waals surface area contributed by atoms with Crippen LogP contribution in [0.1, 0.15) is 39.0 Å². The van der Waals surface area contributed by atoms with Crippen molar-refractivity contribution in [1.29, 1.82) is 0 Å². The molecule has 254 valence electrons. The Balaban J connectivity index is 1.87. The molecule has 11 N–H and O–H groups in total. The molecule has 1 saturated carbocycles. The van der Waals surface area contributed by atoms with Crippen molar-refractivity contribution < 1.29 is 66.9 Å². The maximum atomic E-state index is 13.2. The Morgan fingerprint density at radius 1 is 1.05 bits per heavy atom. The molecule has 2 saturated heterocycles. The van der Waals surface area contributed by atoms with Crippen LogP contribution >= 0.6 is 0 Å². The fourth-order valence-electron chi connectivity index (χ4n) is 5.77. The number of halogens is 3. The summed E-state index contributed by atoms with van der Waals surface area (Å²) >= 11 is 0. The molecule has 2 aliphatic heterocycles. The molecule has 12 unspecified atom stereocenters. The van der Waals surface area contributed by atoms with Crippen LogP contribution in [0.25, 0.3) is 0 Å². The monoisotopic (exact) mass is 645 g/mol. The number of carboxylic acid groups (broad SMARTS) is 1. The van der Waals surface area contributed by atoms with E-state index >= 15 is 0 Å². The maximum absolute atomic E-state index is 13.2. The average Bonchev–Trinajstić information content (AvgIpc) is 2.92. The molecule has 0 aromatic rings. The van der Waals surface area contributed by atoms with Crippen LogP contribution in [-0.2, 0) is 33.3 Å². The molecule has 19 heteroatoms. The van der Waals surface area contributed by atoms with Gasteiger partial charge < -0.3 is 66.8 Å². The third-order valence-electron chi connectivity index (χ3n) is 8.03. The summed E-state index contributed by atoms with van der Waals surface area (Å²) in [6, 6.07) is -4.59. The van der Waals surface area contributed by atoms with Crippen molar-refractivity contribution in [3.05, 3.63) is 0 Å². The second-order valence-electron chi connectivity index (χ2n) is 11.6. The van der Waals surface area contributed by atoms with E-state index in [1.54, 1.807) is 0 Å². The molecular formula is C25H42F3N5O11. The van der Waals surface area contributed by atoms with Crippen LogP contribution in [-0.4, -0.2) is 142 Å². The van der Waals surface area contributed by atoms with Crippen molar-refractivity contribution >= 4 is 17.8 Å². The Morgan fingerprint density at radius 3 is 2.27 bits per heavy atom. The highest BCUT2D eigenvalue weighted by molar-refractivity contribution is 5.82. The van der Waals surface area contributed by atoms with Crippen LogP contribution in [0.4, 0.5) is 13.2 Å². The van der Waals surface area contributed by atoms with Gasteiger partial charge in [0, 0.05) is 26.1 Å². The molecule has 44 heavy (non-hydrogen) atoms. The Hall–Kier alpha value is -2.20. The van der Waals surface area contributed by atoms with E-state index in [4.69, 9.17) is 41.3 Å². The zero-order valence-electron chi connectivity index (χ0n) is 24.3. The molecule has 0 bridgehead atoms. The smallest absolute Gasteiger partial charge is 0.471 e. The molecule has 0 spiro atoms. The highest BCUT2D eigenvalue weighted by Crippen LogP contribution is 2.34. The van der Waals surface area contributed by atoms with Gasteiger partial charge in [-0.1, -0.05) is 0 Å². The maximum Gasteiger partial charge on any atom is 0.471 e. The van der Waals surface area contributed by atoms with Gasteiger partial charge in [-0.15, -0.1) is 0 Å². The number of rotatable bonds is 10. The molecule has 0 aromatic carbocycles. The SMILES string of the molecule is CN(C(=O)C(F)(F)F)C1C(O)C(OC2C(NC(=O)CCC(=O)O)CC(N)C(OC3OC(CN)CCC3N)C2O)OCC1(C)O. The summed E-state index contributed by atoms with van der Waals surface area (Å²) in [4.78, 5) is 35.6. The summed E-state index contributed by atoms with van der Waals surface area (Å²) in [6.45, 7) is 0.538. The van der Waals surface area contributed by atoms with Crippen molar-refractivity contribution in [2.75, 3.05) is 20.2 Å². The highest BCUT2D eigenvalue weighted by Gasteiger charge is 2.56. The summed E-state index contributed by atoms with van der Waals surface area (Å²) in [7, 11) is 0.742. The number of ether oxygens (including phenoxy) is 4. The number of alkyl halides is 3. The number of nitrogens with two attached hydrogens (primary N) is 3. The lowest BCUT2D eigenvalue weighted by Crippen LogP contribution is -2.70. The minimum Gasteiger partial charge on any atom is -0.481 e. The minimum atomic E-state index is -5.32. The Morgan fingerprint density at radius 2 is 1.68 bits per heavy atom. The number of aliphatic hydroxyl groups excluding tert-OH is 2. The number of carboxylic acids is 1. The van der Waals surface area contributed by atoms with Crippen LogP contribution in [0, 0.1) is 0 Å². The van der Waals surface area contributed by atoms with Gasteiger partial charge in [-0.05, 0) is 26.2 Å². The first-order valence-corrected chi connectivity index (χ1v) is 14.1. The van der Waals surface area contributed by atoms with Crippen molar-refractivity contribution in [2.24, 2.45) is 17.2 Å². The second kappa shape index (κ2) is 14.5. The quantitative estimate of drug-likeness (QED) is 0.117. The van der Waals surface area contributed by atoms with Crippen LogP contribution < -0.4 is 22.5 Å². The predicted molar refractivity (Wildman–Crippen MR) is 141 cm³/mol. The number of carbonyl (C=O) groups excluding carboxylic acids is 2. The van der Waals surface area contributed by atoms with Crippen molar-refractivity contribution in [3.63, 3.8) is 0 Å². The topological polar surface area (TPSA) is 262 Å². The summed E-state index contributed by atoms with van der Waals surface area (Å²) < 4.78 is 62.7. The highest BCUT2D eigenvalue weighted by atomic mass is 19.4. The van der Waals surface area contributed by atoms with Crippen LogP contribution in [0.3, 0.4) is 0 Å². The number of likely N-dealkylation sites (N-methyl/N-ethyl adjacent to an activating group) is 1. The lowest BCUT2D eigenvalue weighted by molar-refractivity contribution is -0.315. The van der Waals surface area contributed by atoms with Gasteiger partial charge in [0.2, 0.25) is 5.91 Å². The second-order valence-corrected chi connectivity index (χ2v) is 11.6. The molecule has 2 amide bonds. The Bertz CT molecular complexity index is 1020. The Labute approximate surface area is 250 Å². The largest absolute Gasteiger partial charge is 0.481 e. The van der Waals surface area contributed by atoms with E-state index in [9.17, 15) is 42.9 Å². The first kappa shape index (κ1) is 36.3. The molecule has 0 radical (unpaired) electrons. The number of aliphatic hydroxyl groups is 3. The number of nitrogens with zero attached hydrogens (tertiary/aromatic N) is 1. The zero-order chi connectivity index (χ0) is 33.1. The standard InChI is InChI=1S/C25H42F3N5O11/c1-24(40)9-41-22(17(38)20(24)33(2)23(39)25(26,27)28)44-19-13(32-14(34)5-6-15(35)36)7-12(31)18(16(19)37)43-21-11(30)4-3-10(8-29)42-21/h10-13,16-22,37-38,40H,3-9,29-31H2,1-2H3,(H,32,34)(H,35,36). The van der Waals surface area contributed by atoms with E-state index in [2.05, 4.69) is 5.32 Å². The van der Waals surface area contributed by atoms with Gasteiger partial charge in [-0.3, -0.25) is 14.4 Å². The average molecular weight is 646 g/mol. The van der Waals surface area contributed by atoms with E-state index in [0.717, 1.165) is 14.0 Å². The van der Waals surface area contributed by atoms with Gasteiger partial charge in [-0.2, -0.15) is 13.2 Å². The lowest BCUT2D eigenvalue weighted by atomic mass is 9.83. The Kier molecular flexibility index (Phi) is 11.9. The molecule has 12 atom stereocenters. The number of hydrogen-bond donors (Lipinski definition) is 8. The van der Waals surface area contributed by atoms with E-state index in [1.165, 1.54) is 0 Å². The van der Waals surface area contributed by atoms with E-state index in [1.807, 2.05) is 0 Å². The molecular weight excluding hydrogens is 603 g/mol. The van der Waals surface area contributed by atoms with Gasteiger partial charge in [0.25, 0.3) is 0 Å². The van der Waals surface area contributed by atoms with Gasteiger partial charge in [0.15, 0.2) is 12.6 Å². The van der Waals surface area contributed by atoms with E-state index in [-0.39, 0.29) is 24.0 Å². The van der Waals surface area contributed by atoms with Gasteiger partial charge in [0.05, 0.1) is 37.3 Å². The van der Waals surface area contributed by atoms with Gasteiger partial charge in [0.1, 0.15) is 30.0 Å². The van der Waals surface area contributed by atoms with Gasteiger partial charge in [-0.25, -0.2) is 0 Å². The van der Waals surface area contributed by atoms with Crippen molar-refractivity contribution in [2.45, 2.75) is 118 Å². The van der Waals surface area contributed by atoms with Crippen LogP contribution in [0.15, 0.2) is 0 Å². The number of nitrogens with one attached hydrogen (secondary N) is 1. The van der Waals surface area contributed by atoms with E-state index in [0.29, 0.717) is 12.8 Å². The molecule has 3 rings (SSSR count). The predicted octanol–water partition coefficient (Wildman–Crippen LogP) is -3.15. The molecule has 1 aliphatic carbocycles. The third kappa shape index (κ3) is 8.53. The first-order chi connectivity index (χ1) is 20.4. The van der Waals surface area contributed by atoms with Crippen molar-refractivity contribution in [3.8, 4) is 0 Å². The normalized spacial score (nSPS) is 39.8. The van der Waals surface area contributed by atoms with E-state index < -0.39 is 110 Å². The van der Waals surface area contributed by atoms with Crippen LogP contribution in [0.5, 0.6) is 0 Å². The van der Waals surface area contributed by atoms with Crippen LogP contribution in [0.2, 0.25) is 0 Å². The summed E-state index contributed by atoms with van der Waals surface area (Å²) in [5.41, 5.74) is 16.0. The minimum absolute atomic E-state index is 0.121. The van der Waals surface area contributed by atoms with Crippen molar-refractivity contribution in [1.82, 2.24) is 10.2 Å². The number of carbonyl (C=O) groups is 3. The van der Waals surface area contributed by atoms with Gasteiger partial charge >= 0.3 is 18.1 Å².